The molecule has 5 nitrogen and oxygen atoms in total. The van der Waals surface area contributed by atoms with Gasteiger partial charge in [0.15, 0.2) is 0 Å². The van der Waals surface area contributed by atoms with E-state index in [1.807, 2.05) is 29.0 Å². The van der Waals surface area contributed by atoms with Crippen molar-refractivity contribution in [1.29, 1.82) is 0 Å². The molecule has 0 radical (unpaired) electrons. The summed E-state index contributed by atoms with van der Waals surface area (Å²) in [6.45, 7) is 0. The van der Waals surface area contributed by atoms with E-state index in [4.69, 9.17) is 0 Å². The van der Waals surface area contributed by atoms with E-state index < -0.39 is 0 Å². The molecule has 120 valence electrons. The minimum absolute atomic E-state index is 0.000325. The summed E-state index contributed by atoms with van der Waals surface area (Å²) in [5.74, 6) is -0.323. The van der Waals surface area contributed by atoms with Crippen LogP contribution in [0.5, 0.6) is 0 Å². The summed E-state index contributed by atoms with van der Waals surface area (Å²) >= 11 is 1.39. The predicted octanol–water partition coefficient (Wildman–Crippen LogP) is 3.00. The zero-order valence-corrected chi connectivity index (χ0v) is 15.2. The first-order valence-electron chi connectivity index (χ1n) is 7.47. The summed E-state index contributed by atoms with van der Waals surface area (Å²) in [6.07, 6.45) is 7.04. The molecule has 0 atom stereocenters. The fraction of sp³-hybridized carbons (Fsp3) is 0. The van der Waals surface area contributed by atoms with E-state index in [1.54, 1.807) is 23.0 Å². The van der Waals surface area contributed by atoms with E-state index in [-0.39, 0.29) is 31.6 Å². The fourth-order valence-corrected chi connectivity index (χ4v) is 5.69. The average Bonchev–Trinajstić information content (AvgIpc) is 3.38. The number of Topliss-reactive ketones (excluding diaryl/α,β-unsaturated/α-hetero) is 2. The van der Waals surface area contributed by atoms with Gasteiger partial charge in [-0.15, -0.1) is 0 Å². The van der Waals surface area contributed by atoms with Gasteiger partial charge in [-0.1, -0.05) is 0 Å². The Kier molecular flexibility index (Phi) is 3.21. The van der Waals surface area contributed by atoms with E-state index >= 15 is 0 Å². The van der Waals surface area contributed by atoms with Gasteiger partial charge in [0.05, 0.1) is 0 Å². The van der Waals surface area contributed by atoms with Gasteiger partial charge < -0.3 is 0 Å². The molecular formula is C18H9N3O2SSe. The van der Waals surface area contributed by atoms with Crippen LogP contribution in [-0.4, -0.2) is 40.6 Å². The summed E-state index contributed by atoms with van der Waals surface area (Å²) in [7, 11) is 0. The van der Waals surface area contributed by atoms with E-state index in [0.717, 1.165) is 20.0 Å². The molecule has 0 N–H and O–H groups in total. The van der Waals surface area contributed by atoms with Gasteiger partial charge in [-0.2, -0.15) is 0 Å². The van der Waals surface area contributed by atoms with Crippen molar-refractivity contribution in [3.05, 3.63) is 68.8 Å². The van der Waals surface area contributed by atoms with Gasteiger partial charge in [0, 0.05) is 0 Å². The molecule has 0 aliphatic heterocycles. The van der Waals surface area contributed by atoms with Gasteiger partial charge in [-0.05, 0) is 0 Å². The number of carbonyl (C=O) groups is 2. The molecule has 0 saturated carbocycles. The van der Waals surface area contributed by atoms with Crippen LogP contribution in [-0.2, 0) is 0 Å². The van der Waals surface area contributed by atoms with Crippen molar-refractivity contribution in [3.63, 3.8) is 0 Å². The van der Waals surface area contributed by atoms with Gasteiger partial charge in [0.2, 0.25) is 0 Å². The van der Waals surface area contributed by atoms with Crippen molar-refractivity contribution in [2.45, 2.75) is 0 Å². The van der Waals surface area contributed by atoms with E-state index in [1.165, 1.54) is 17.7 Å². The van der Waals surface area contributed by atoms with Crippen molar-refractivity contribution < 1.29 is 9.59 Å². The van der Waals surface area contributed by atoms with E-state index in [0.29, 0.717) is 11.1 Å². The van der Waals surface area contributed by atoms with Crippen molar-refractivity contribution in [3.8, 4) is 4.56 Å². The topological polar surface area (TPSA) is 64.8 Å². The number of fused-ring (bicyclic) bond motifs is 2. The second kappa shape index (κ2) is 5.46. The van der Waals surface area contributed by atoms with E-state index in [2.05, 4.69) is 9.97 Å². The summed E-state index contributed by atoms with van der Waals surface area (Å²) in [6, 6.07) is 5.97. The molecule has 4 aromatic rings. The Bertz CT molecular complexity index is 1170. The van der Waals surface area contributed by atoms with Gasteiger partial charge in [0.25, 0.3) is 0 Å². The van der Waals surface area contributed by atoms with Crippen molar-refractivity contribution in [2.24, 2.45) is 0 Å². The van der Waals surface area contributed by atoms with Gasteiger partial charge >= 0.3 is 152 Å². The molecular weight excluding hydrogens is 401 g/mol. The molecule has 0 aromatic carbocycles. The fourth-order valence-electron chi connectivity index (χ4n) is 2.92. The minimum atomic E-state index is -0.162. The van der Waals surface area contributed by atoms with Crippen molar-refractivity contribution >= 4 is 54.5 Å². The third-order valence-corrected chi connectivity index (χ3v) is 7.03. The van der Waals surface area contributed by atoms with Crippen LogP contribution >= 0.6 is 11.3 Å². The molecule has 0 bridgehead atoms. The normalized spacial score (nSPS) is 13.7. The summed E-state index contributed by atoms with van der Waals surface area (Å²) in [4.78, 5) is 33.2. The van der Waals surface area contributed by atoms with Crippen LogP contribution in [0, 0.1) is 0 Å². The zero-order valence-electron chi connectivity index (χ0n) is 12.7. The van der Waals surface area contributed by atoms with Crippen LogP contribution in [0.1, 0.15) is 25.2 Å². The van der Waals surface area contributed by atoms with Crippen LogP contribution in [0.25, 0.3) is 21.7 Å². The van der Waals surface area contributed by atoms with Gasteiger partial charge in [-0.25, -0.2) is 0 Å². The zero-order chi connectivity index (χ0) is 17.0. The molecule has 25 heavy (non-hydrogen) atoms. The Morgan fingerprint density at radius 3 is 2.68 bits per heavy atom. The van der Waals surface area contributed by atoms with Crippen LogP contribution < -0.4 is 0 Å². The molecule has 0 unspecified atom stereocenters. The van der Waals surface area contributed by atoms with E-state index in [9.17, 15) is 9.59 Å². The molecule has 0 saturated heterocycles. The number of ketones is 2. The number of allylic oxidation sites excluding steroid dienone is 1. The Morgan fingerprint density at radius 1 is 1.08 bits per heavy atom. The standard InChI is InChI=1S/C18H9N3O2SSe/c22-16-12(17(23)14-8-24-7-13(14)16)5-11-1-2-15(25-11)21-4-3-10-6-19-9-20-18(10)21/h1-9H. The SMILES string of the molecule is O=C1C(=Cc2ccc(-n3ccc4cncnc43)[se]2)C(=O)c2cscc21. The number of hydrogen-bond acceptors (Lipinski definition) is 5. The molecule has 4 heterocycles. The quantitative estimate of drug-likeness (QED) is 0.290. The van der Waals surface area contributed by atoms with Crippen molar-refractivity contribution in [2.75, 3.05) is 0 Å². The Balaban J connectivity index is 1.55. The monoisotopic (exact) mass is 411 g/mol. The molecule has 5 rings (SSSR count). The Labute approximate surface area is 152 Å². The van der Waals surface area contributed by atoms with Crippen LogP contribution in [0.2, 0.25) is 0 Å². The number of thiophene rings is 1. The average molecular weight is 410 g/mol. The second-order valence-corrected chi connectivity index (χ2v) is 8.62. The number of hydrogen-bond donors (Lipinski definition) is 0. The molecule has 7 heteroatoms. The molecule has 1 aliphatic rings. The molecule has 4 aromatic heterocycles. The third-order valence-electron chi connectivity index (χ3n) is 4.13. The first-order chi connectivity index (χ1) is 12.2. The number of rotatable bonds is 2. The summed E-state index contributed by atoms with van der Waals surface area (Å²) < 4.78 is 4.15. The van der Waals surface area contributed by atoms with Crippen LogP contribution in [0.3, 0.4) is 0 Å². The maximum absolute atomic E-state index is 12.4. The third kappa shape index (κ3) is 2.21. The maximum atomic E-state index is 12.4. The van der Waals surface area contributed by atoms with Crippen LogP contribution in [0.15, 0.2) is 53.3 Å². The molecule has 1 aliphatic carbocycles. The number of nitrogens with zero attached hydrogens (tertiary/aromatic N) is 3. The molecule has 0 amide bonds. The van der Waals surface area contributed by atoms with Gasteiger partial charge in [-0.3, -0.25) is 0 Å². The first kappa shape index (κ1) is 14.7. The summed E-state index contributed by atoms with van der Waals surface area (Å²) in [5, 5.41) is 4.48. The molecule has 0 fully saturated rings. The predicted molar refractivity (Wildman–Crippen MR) is 96.8 cm³/mol. The number of aromatic nitrogens is 3. The Morgan fingerprint density at radius 2 is 1.88 bits per heavy atom. The summed E-state index contributed by atoms with van der Waals surface area (Å²) in [5.41, 5.74) is 2.21. The van der Waals surface area contributed by atoms with Crippen LogP contribution in [0.4, 0.5) is 0 Å². The second-order valence-electron chi connectivity index (χ2n) is 5.58. The van der Waals surface area contributed by atoms with Gasteiger partial charge in [0.1, 0.15) is 0 Å². The van der Waals surface area contributed by atoms with Crippen molar-refractivity contribution in [1.82, 2.24) is 14.5 Å². The number of carbonyl (C=O) groups excluding carboxylic acids is 2. The first-order valence-corrected chi connectivity index (χ1v) is 10.1. The molecule has 0 spiro atoms. The Hall–Kier alpha value is -2.60.